The van der Waals surface area contributed by atoms with Gasteiger partial charge < -0.3 is 0 Å². The van der Waals surface area contributed by atoms with E-state index in [-0.39, 0.29) is 29.6 Å². The predicted octanol–water partition coefficient (Wildman–Crippen LogP) is -0.856. The molecule has 0 N–H and O–H groups in total. The van der Waals surface area contributed by atoms with Crippen LogP contribution in [0.25, 0.3) is 0 Å². The molecule has 0 atom stereocenters. The van der Waals surface area contributed by atoms with Gasteiger partial charge in [0.15, 0.2) is 0 Å². The maximum atomic E-state index is 9.94. The van der Waals surface area contributed by atoms with Gasteiger partial charge in [-0.3, -0.25) is 0 Å². The summed E-state index contributed by atoms with van der Waals surface area (Å²) in [7, 11) is 0. The summed E-state index contributed by atoms with van der Waals surface area (Å²) in [6.07, 6.45) is 0. The van der Waals surface area contributed by atoms with Crippen LogP contribution >= 0.6 is 0 Å². The zero-order chi connectivity index (χ0) is 6.41. The van der Waals surface area contributed by atoms with E-state index >= 15 is 0 Å². The van der Waals surface area contributed by atoms with Crippen LogP contribution in [-0.2, 0) is 0 Å². The molecular weight excluding hydrogens is 346 g/mol. The van der Waals surface area contributed by atoms with Crippen molar-refractivity contribution in [2.45, 2.75) is 0 Å². The molecule has 0 spiro atoms. The molecule has 0 aliphatic heterocycles. The molecule has 0 amide bonds. The standard InChI is InChI=1S/Bi.6FH.Na/h;6*1H;/q+5;;;;;;;+1/p-6. The van der Waals surface area contributed by atoms with E-state index in [9.17, 15) is 15.8 Å². The van der Waals surface area contributed by atoms with Crippen LogP contribution in [-0.4, -0.2) is 21.0 Å². The second kappa shape index (κ2) is 1.74. The molecule has 0 aromatic rings. The fourth-order valence-corrected chi connectivity index (χ4v) is 0. The van der Waals surface area contributed by atoms with Crippen LogP contribution in [0, 0.1) is 0 Å². The molecule has 0 aromatic carbocycles. The molecule has 0 rings (SSSR count). The molecule has 8 heteroatoms. The average molecular weight is 346 g/mol. The van der Waals surface area contributed by atoms with Crippen molar-refractivity contribution in [1.82, 2.24) is 0 Å². The van der Waals surface area contributed by atoms with Crippen molar-refractivity contribution in [3.63, 3.8) is 0 Å². The van der Waals surface area contributed by atoms with E-state index in [1.165, 1.54) is 0 Å². The third kappa shape index (κ3) is 146. The minimum atomic E-state index is -11.4. The Balaban J connectivity index is 0. The molecule has 0 heterocycles. The first-order valence-corrected chi connectivity index (χ1v) is 8.90. The van der Waals surface area contributed by atoms with E-state index in [1.54, 1.807) is 0 Å². The summed E-state index contributed by atoms with van der Waals surface area (Å²) in [6.45, 7) is 0. The van der Waals surface area contributed by atoms with Crippen LogP contribution in [0.15, 0.2) is 0 Å². The van der Waals surface area contributed by atoms with Gasteiger partial charge in [-0.05, 0) is 0 Å². The third-order valence-electron chi connectivity index (χ3n) is 0. The molecule has 0 aromatic heterocycles. The van der Waals surface area contributed by atoms with Crippen molar-refractivity contribution in [3.8, 4) is 0 Å². The minimum absolute atomic E-state index is 0. The smallest absolute Gasteiger partial charge is 1.00 e. The van der Waals surface area contributed by atoms with Crippen LogP contribution in [0.4, 0.5) is 15.8 Å². The molecule has 0 bridgehead atoms. The maximum absolute atomic E-state index is 11.4. The van der Waals surface area contributed by atoms with E-state index in [0.717, 1.165) is 0 Å². The van der Waals surface area contributed by atoms with Gasteiger partial charge in [0.1, 0.15) is 0 Å². The van der Waals surface area contributed by atoms with Gasteiger partial charge in [-0.15, -0.1) is 0 Å². The van der Waals surface area contributed by atoms with Gasteiger partial charge in [-0.2, -0.15) is 0 Å². The molecule has 0 aliphatic carbocycles. The number of hydrogen-bond acceptors (Lipinski definition) is 0. The Morgan fingerprint density at radius 3 is 0.625 bits per heavy atom. The van der Waals surface area contributed by atoms with Crippen molar-refractivity contribution in [2.24, 2.45) is 0 Å². The Bertz CT molecular complexity index is 67.1. The summed E-state index contributed by atoms with van der Waals surface area (Å²) in [6, 6.07) is 0. The summed E-state index contributed by atoms with van der Waals surface area (Å²) in [5, 5.41) is 0. The summed E-state index contributed by atoms with van der Waals surface area (Å²) >= 11 is -11.4. The van der Waals surface area contributed by atoms with E-state index in [2.05, 4.69) is 0 Å². The normalized spacial score (nSPS) is 20.2. The molecule has 8 heavy (non-hydrogen) atoms. The van der Waals surface area contributed by atoms with Gasteiger partial charge in [-0.25, -0.2) is 0 Å². The molecule has 0 saturated carbocycles. The Morgan fingerprint density at radius 1 is 0.625 bits per heavy atom. The Kier molecular flexibility index (Phi) is 2.65. The van der Waals surface area contributed by atoms with Crippen molar-refractivity contribution in [3.05, 3.63) is 0 Å². The molecule has 0 fully saturated rings. The van der Waals surface area contributed by atoms with Crippen molar-refractivity contribution in [2.75, 3.05) is 0 Å². The van der Waals surface area contributed by atoms with Gasteiger partial charge in [0.05, 0.1) is 0 Å². The van der Waals surface area contributed by atoms with Crippen LogP contribution in [0.1, 0.15) is 0 Å². The van der Waals surface area contributed by atoms with Gasteiger partial charge in [0.2, 0.25) is 0 Å². The quantitative estimate of drug-likeness (QED) is 0.396. The predicted molar refractivity (Wildman–Crippen MR) is 12.4 cm³/mol. The van der Waals surface area contributed by atoms with Gasteiger partial charge in [-0.1, -0.05) is 0 Å². The molecule has 0 saturated heterocycles. The monoisotopic (exact) mass is 346 g/mol. The van der Waals surface area contributed by atoms with E-state index < -0.39 is 21.0 Å². The summed E-state index contributed by atoms with van der Waals surface area (Å²) in [5.74, 6) is 0. The molecule has 0 radical (unpaired) electrons. The molecule has 0 nitrogen and oxygen atoms in total. The summed E-state index contributed by atoms with van der Waals surface area (Å²) in [5.41, 5.74) is 0. The fraction of sp³-hybridized carbons (Fsp3) is 0. The van der Waals surface area contributed by atoms with Gasteiger partial charge in [0, 0.05) is 0 Å². The Morgan fingerprint density at radius 2 is 0.625 bits per heavy atom. The molecule has 48 valence electrons. The summed E-state index contributed by atoms with van der Waals surface area (Å²) < 4.78 is 59.6. The molecular formula is BiF6Na. The number of hydrogen-bond donors (Lipinski definition) is 0. The first-order chi connectivity index (χ1) is 2.45. The Labute approximate surface area is 65.7 Å². The number of halogens is 6. The average Bonchev–Trinajstić information content (AvgIpc) is 0.592. The van der Waals surface area contributed by atoms with Gasteiger partial charge in [0.25, 0.3) is 0 Å². The first-order valence-electron chi connectivity index (χ1n) is 1.01. The summed E-state index contributed by atoms with van der Waals surface area (Å²) in [4.78, 5) is 0. The molecule has 0 aliphatic rings. The third-order valence-corrected chi connectivity index (χ3v) is 0. The van der Waals surface area contributed by atoms with E-state index in [1.807, 2.05) is 0 Å². The van der Waals surface area contributed by atoms with Crippen molar-refractivity contribution >= 4 is 21.0 Å². The fourth-order valence-electron chi connectivity index (χ4n) is 0. The largest absolute Gasteiger partial charge is 1.00 e. The van der Waals surface area contributed by atoms with Crippen molar-refractivity contribution < 1.29 is 45.3 Å². The van der Waals surface area contributed by atoms with Crippen LogP contribution < -0.4 is 29.6 Å². The van der Waals surface area contributed by atoms with E-state index in [0.29, 0.717) is 0 Å². The first kappa shape index (κ1) is 12.2. The minimum Gasteiger partial charge on any atom is 1.00 e. The van der Waals surface area contributed by atoms with Crippen LogP contribution in [0.5, 0.6) is 0 Å². The van der Waals surface area contributed by atoms with Crippen LogP contribution in [0.2, 0.25) is 0 Å². The zero-order valence-electron chi connectivity index (χ0n) is 3.72. The van der Waals surface area contributed by atoms with Gasteiger partial charge >= 0.3 is 66.3 Å². The SMILES string of the molecule is [F][Bi-]([F])([F])([F])([F])[F].[Na+]. The second-order valence-electron chi connectivity index (χ2n) is 0.958. The number of rotatable bonds is 0. The van der Waals surface area contributed by atoms with Crippen molar-refractivity contribution in [1.29, 1.82) is 0 Å². The molecule has 0 unspecified atom stereocenters. The maximum Gasteiger partial charge on any atom is 1.00 e. The second-order valence-corrected chi connectivity index (χ2v) is 8.41. The van der Waals surface area contributed by atoms with Crippen LogP contribution in [0.3, 0.4) is 0 Å². The topological polar surface area (TPSA) is 0 Å². The zero-order valence-corrected chi connectivity index (χ0v) is 9.19. The van der Waals surface area contributed by atoms with E-state index in [4.69, 9.17) is 0 Å². The Hall–Kier alpha value is 1.46.